The molecule has 7 rings (SSSR count). The first kappa shape index (κ1) is 28.2. The van der Waals surface area contributed by atoms with E-state index in [0.29, 0.717) is 34.4 Å². The van der Waals surface area contributed by atoms with Crippen LogP contribution in [0.25, 0.3) is 22.3 Å². The van der Waals surface area contributed by atoms with Crippen molar-refractivity contribution < 1.29 is 28.7 Å². The topological polar surface area (TPSA) is 93.2 Å². The summed E-state index contributed by atoms with van der Waals surface area (Å²) in [5.41, 5.74) is 5.13. The number of imide groups is 2. The Morgan fingerprint density at radius 1 is 0.348 bits per heavy atom. The lowest BCUT2D eigenvalue weighted by Crippen LogP contribution is -2.29. The Labute approximate surface area is 264 Å². The van der Waals surface area contributed by atoms with Gasteiger partial charge < -0.3 is 9.47 Å². The van der Waals surface area contributed by atoms with E-state index < -0.39 is 0 Å². The molecular formula is C38H24N2O6. The number of hydrogen-bond acceptors (Lipinski definition) is 6. The van der Waals surface area contributed by atoms with E-state index in [2.05, 4.69) is 6.07 Å². The van der Waals surface area contributed by atoms with Gasteiger partial charge in [0.15, 0.2) is 0 Å². The number of benzene rings is 5. The van der Waals surface area contributed by atoms with Crippen molar-refractivity contribution in [2.75, 3.05) is 9.80 Å². The van der Waals surface area contributed by atoms with Gasteiger partial charge in [-0.25, -0.2) is 9.80 Å². The molecule has 0 radical (unpaired) electrons. The molecule has 0 unspecified atom stereocenters. The van der Waals surface area contributed by atoms with Crippen molar-refractivity contribution in [3.63, 3.8) is 0 Å². The number of hydrogen-bond donors (Lipinski definition) is 0. The van der Waals surface area contributed by atoms with Gasteiger partial charge in [0.2, 0.25) is 0 Å². The van der Waals surface area contributed by atoms with Crippen LogP contribution in [0.3, 0.4) is 0 Å². The Balaban J connectivity index is 0.989. The summed E-state index contributed by atoms with van der Waals surface area (Å²) in [4.78, 5) is 49.8. The maximum absolute atomic E-state index is 11.9. The van der Waals surface area contributed by atoms with Crippen LogP contribution in [0.5, 0.6) is 23.0 Å². The van der Waals surface area contributed by atoms with Crippen LogP contribution in [0.2, 0.25) is 0 Å². The number of amides is 4. The highest BCUT2D eigenvalue weighted by Gasteiger charge is 2.26. The third-order valence-electron chi connectivity index (χ3n) is 7.52. The fraction of sp³-hybridized carbons (Fsp3) is 0. The molecule has 2 aliphatic rings. The zero-order chi connectivity index (χ0) is 31.6. The predicted molar refractivity (Wildman–Crippen MR) is 174 cm³/mol. The van der Waals surface area contributed by atoms with Crippen LogP contribution < -0.4 is 19.3 Å². The second-order valence-corrected chi connectivity index (χ2v) is 10.5. The Bertz CT molecular complexity index is 1860. The first-order valence-corrected chi connectivity index (χ1v) is 14.4. The van der Waals surface area contributed by atoms with Crippen LogP contribution in [0.1, 0.15) is 0 Å². The highest BCUT2D eigenvalue weighted by molar-refractivity contribution is 6.28. The minimum atomic E-state index is -0.362. The number of carbonyl (C=O) groups excluding carboxylic acids is 4. The molecule has 5 aromatic carbocycles. The van der Waals surface area contributed by atoms with Gasteiger partial charge in [-0.15, -0.1) is 0 Å². The summed E-state index contributed by atoms with van der Waals surface area (Å²) < 4.78 is 12.0. The zero-order valence-corrected chi connectivity index (χ0v) is 24.2. The molecule has 0 aromatic heterocycles. The van der Waals surface area contributed by atoms with Gasteiger partial charge in [-0.05, 0) is 101 Å². The summed E-state index contributed by atoms with van der Waals surface area (Å²) in [6.45, 7) is 0. The molecule has 0 fully saturated rings. The van der Waals surface area contributed by atoms with Crippen LogP contribution in [0, 0.1) is 0 Å². The summed E-state index contributed by atoms with van der Waals surface area (Å²) in [7, 11) is 0. The highest BCUT2D eigenvalue weighted by Crippen LogP contribution is 2.32. The Morgan fingerprint density at radius 2 is 0.652 bits per heavy atom. The summed E-state index contributed by atoms with van der Waals surface area (Å²) >= 11 is 0. The van der Waals surface area contributed by atoms with Gasteiger partial charge in [-0.2, -0.15) is 0 Å². The van der Waals surface area contributed by atoms with Crippen LogP contribution >= 0.6 is 0 Å². The molecule has 8 nitrogen and oxygen atoms in total. The van der Waals surface area contributed by atoms with Crippen molar-refractivity contribution in [1.82, 2.24) is 0 Å². The molecule has 0 bridgehead atoms. The van der Waals surface area contributed by atoms with Crippen molar-refractivity contribution in [3.8, 4) is 45.3 Å². The normalized spacial score (nSPS) is 14.0. The highest BCUT2D eigenvalue weighted by atomic mass is 16.5. The van der Waals surface area contributed by atoms with Crippen molar-refractivity contribution >= 4 is 35.0 Å². The summed E-state index contributed by atoms with van der Waals surface area (Å²) in [5.74, 6) is 1.04. The van der Waals surface area contributed by atoms with E-state index in [1.807, 2.05) is 66.7 Å². The van der Waals surface area contributed by atoms with E-state index in [1.165, 1.54) is 24.3 Å². The number of nitrogens with zero attached hydrogens (tertiary/aromatic N) is 2. The molecule has 0 atom stereocenters. The molecule has 46 heavy (non-hydrogen) atoms. The van der Waals surface area contributed by atoms with Gasteiger partial charge in [0, 0.05) is 24.3 Å². The zero-order valence-electron chi connectivity index (χ0n) is 24.2. The molecule has 0 spiro atoms. The SMILES string of the molecule is O=C1C=CC(=O)N1c1ccc(Oc2ccc(-c3cccc(-c4ccc(Oc5ccc(N6C(=O)C=CC6=O)cc5)cc4)c3)cc2)cc1. The molecule has 5 aromatic rings. The molecule has 4 amide bonds. The van der Waals surface area contributed by atoms with Crippen LogP contribution in [0.4, 0.5) is 11.4 Å². The van der Waals surface area contributed by atoms with Gasteiger partial charge in [-0.1, -0.05) is 42.5 Å². The predicted octanol–water partition coefficient (Wildman–Crippen LogP) is 7.46. The lowest BCUT2D eigenvalue weighted by molar-refractivity contribution is -0.121. The Hall–Kier alpha value is -6.54. The summed E-state index contributed by atoms with van der Waals surface area (Å²) in [6.07, 6.45) is 5.01. The fourth-order valence-electron chi connectivity index (χ4n) is 5.22. The number of ether oxygens (including phenoxy) is 2. The number of carbonyl (C=O) groups is 4. The Kier molecular flexibility index (Phi) is 7.28. The van der Waals surface area contributed by atoms with E-state index in [0.717, 1.165) is 32.1 Å². The third kappa shape index (κ3) is 5.70. The summed E-state index contributed by atoms with van der Waals surface area (Å²) in [6, 6.07) is 37.3. The summed E-state index contributed by atoms with van der Waals surface area (Å²) in [5, 5.41) is 0. The van der Waals surface area contributed by atoms with E-state index in [9.17, 15) is 19.2 Å². The molecule has 0 saturated carbocycles. The van der Waals surface area contributed by atoms with E-state index in [4.69, 9.17) is 9.47 Å². The molecule has 0 N–H and O–H groups in total. The van der Waals surface area contributed by atoms with E-state index >= 15 is 0 Å². The minimum Gasteiger partial charge on any atom is -0.457 e. The maximum atomic E-state index is 11.9. The van der Waals surface area contributed by atoms with Crippen LogP contribution in [-0.4, -0.2) is 23.6 Å². The third-order valence-corrected chi connectivity index (χ3v) is 7.52. The molecule has 222 valence electrons. The molecule has 2 aliphatic heterocycles. The first-order chi connectivity index (χ1) is 22.4. The standard InChI is InChI=1S/C38H24N2O6/c41-35-20-21-36(42)39(35)29-8-16-33(17-9-29)45-31-12-4-25(5-13-31)27-2-1-3-28(24-27)26-6-14-32(15-7-26)46-34-18-10-30(11-19-34)40-37(43)22-23-38(40)44/h1-24H. The Morgan fingerprint density at radius 3 is 0.978 bits per heavy atom. The largest absolute Gasteiger partial charge is 0.457 e. The monoisotopic (exact) mass is 604 g/mol. The average molecular weight is 605 g/mol. The second-order valence-electron chi connectivity index (χ2n) is 10.5. The average Bonchev–Trinajstić information content (AvgIpc) is 3.61. The fourth-order valence-corrected chi connectivity index (χ4v) is 5.22. The van der Waals surface area contributed by atoms with Gasteiger partial charge in [0.05, 0.1) is 11.4 Å². The quantitative estimate of drug-likeness (QED) is 0.171. The van der Waals surface area contributed by atoms with Crippen molar-refractivity contribution in [3.05, 3.63) is 146 Å². The van der Waals surface area contributed by atoms with Gasteiger partial charge >= 0.3 is 0 Å². The second kappa shape index (κ2) is 11.9. The van der Waals surface area contributed by atoms with E-state index in [1.54, 1.807) is 48.5 Å². The van der Waals surface area contributed by atoms with Gasteiger partial charge in [-0.3, -0.25) is 19.2 Å². The smallest absolute Gasteiger partial charge is 0.258 e. The molecule has 2 heterocycles. The molecule has 0 saturated heterocycles. The lowest BCUT2D eigenvalue weighted by Gasteiger charge is -2.14. The van der Waals surface area contributed by atoms with Crippen molar-refractivity contribution in [2.24, 2.45) is 0 Å². The minimum absolute atomic E-state index is 0.362. The molecular weight excluding hydrogens is 580 g/mol. The van der Waals surface area contributed by atoms with Crippen molar-refractivity contribution in [1.29, 1.82) is 0 Å². The number of rotatable bonds is 8. The maximum Gasteiger partial charge on any atom is 0.258 e. The van der Waals surface area contributed by atoms with E-state index in [-0.39, 0.29) is 23.6 Å². The number of anilines is 2. The van der Waals surface area contributed by atoms with Gasteiger partial charge in [0.1, 0.15) is 23.0 Å². The molecule has 0 aliphatic carbocycles. The van der Waals surface area contributed by atoms with Crippen molar-refractivity contribution in [2.45, 2.75) is 0 Å². The molecule has 8 heteroatoms. The van der Waals surface area contributed by atoms with Gasteiger partial charge in [0.25, 0.3) is 23.6 Å². The lowest BCUT2D eigenvalue weighted by atomic mass is 9.99. The van der Waals surface area contributed by atoms with Crippen LogP contribution in [-0.2, 0) is 19.2 Å². The van der Waals surface area contributed by atoms with Crippen LogP contribution in [0.15, 0.2) is 146 Å². The first-order valence-electron chi connectivity index (χ1n) is 14.4.